The molecule has 0 fully saturated rings. The van der Waals surface area contributed by atoms with Gasteiger partial charge in [-0.3, -0.25) is 4.79 Å². The number of nitrogens with zero attached hydrogens (tertiary/aromatic N) is 1. The highest BCUT2D eigenvalue weighted by Crippen LogP contribution is 2.43. The Morgan fingerprint density at radius 2 is 1.88 bits per heavy atom. The van der Waals surface area contributed by atoms with Crippen molar-refractivity contribution in [1.82, 2.24) is 0 Å². The van der Waals surface area contributed by atoms with E-state index in [1.807, 2.05) is 30.3 Å². The third-order valence-corrected chi connectivity index (χ3v) is 4.74. The van der Waals surface area contributed by atoms with E-state index in [9.17, 15) is 9.59 Å². The van der Waals surface area contributed by atoms with Crippen LogP contribution in [0.25, 0.3) is 0 Å². The van der Waals surface area contributed by atoms with Gasteiger partial charge in [-0.25, -0.2) is 4.79 Å². The second-order valence-electron chi connectivity index (χ2n) is 6.72. The largest absolute Gasteiger partial charge is 0.465 e. The first-order chi connectivity index (χ1) is 11.5. The number of carbonyl (C=O) groups excluding carboxylic acids is 2. The predicted octanol–water partition coefficient (Wildman–Crippen LogP) is 4.11. The minimum Gasteiger partial charge on any atom is -0.465 e. The number of ether oxygens (including phenoxy) is 1. The second kappa shape index (κ2) is 6.11. The maximum absolute atomic E-state index is 11.6. The molecule has 0 amide bonds. The normalized spacial score (nSPS) is 15.5. The Morgan fingerprint density at radius 1 is 1.17 bits per heavy atom. The van der Waals surface area contributed by atoms with Gasteiger partial charge in [0.25, 0.3) is 0 Å². The molecule has 0 unspecified atom stereocenters. The summed E-state index contributed by atoms with van der Waals surface area (Å²) in [5.74, 6) is -0.343. The van der Waals surface area contributed by atoms with Gasteiger partial charge < -0.3 is 9.64 Å². The Labute approximate surface area is 142 Å². The molecule has 4 heteroatoms. The number of fused-ring (bicyclic) bond motifs is 1. The van der Waals surface area contributed by atoms with Gasteiger partial charge in [0.15, 0.2) is 0 Å². The lowest BCUT2D eigenvalue weighted by Crippen LogP contribution is -2.34. The molecule has 0 spiro atoms. The van der Waals surface area contributed by atoms with Crippen molar-refractivity contribution < 1.29 is 14.3 Å². The molecule has 2 aromatic carbocycles. The van der Waals surface area contributed by atoms with Crippen LogP contribution in [0.5, 0.6) is 0 Å². The number of methoxy groups -OCH3 is 1. The van der Waals surface area contributed by atoms with Gasteiger partial charge in [0.2, 0.25) is 0 Å². The topological polar surface area (TPSA) is 46.6 Å². The third kappa shape index (κ3) is 2.80. The first kappa shape index (κ1) is 16.2. The average molecular weight is 323 g/mol. The quantitative estimate of drug-likeness (QED) is 0.630. The zero-order valence-electron chi connectivity index (χ0n) is 14.2. The minimum atomic E-state index is -0.343. The molecule has 0 bridgehead atoms. The van der Waals surface area contributed by atoms with Crippen molar-refractivity contribution in [2.75, 3.05) is 18.6 Å². The van der Waals surface area contributed by atoms with E-state index in [4.69, 9.17) is 4.74 Å². The lowest BCUT2D eigenvalue weighted by Gasteiger charge is -2.40. The van der Waals surface area contributed by atoms with Crippen LogP contribution in [-0.2, 0) is 10.2 Å². The molecule has 0 N–H and O–H groups in total. The number of anilines is 2. The average Bonchev–Trinajstić information content (AvgIpc) is 2.61. The van der Waals surface area contributed by atoms with E-state index in [-0.39, 0.29) is 11.4 Å². The molecule has 124 valence electrons. The van der Waals surface area contributed by atoms with Crippen LogP contribution in [0.15, 0.2) is 42.5 Å². The molecule has 3 rings (SSSR count). The van der Waals surface area contributed by atoms with E-state index < -0.39 is 0 Å². The number of carbonyl (C=O) groups is 2. The van der Waals surface area contributed by atoms with E-state index in [2.05, 4.69) is 18.7 Å². The van der Waals surface area contributed by atoms with Crippen molar-refractivity contribution in [1.29, 1.82) is 0 Å². The van der Waals surface area contributed by atoms with Crippen molar-refractivity contribution in [2.45, 2.75) is 25.7 Å². The monoisotopic (exact) mass is 323 g/mol. The molecule has 0 saturated heterocycles. The molecular formula is C20H21NO3. The summed E-state index contributed by atoms with van der Waals surface area (Å²) in [5, 5.41) is 0. The number of rotatable bonds is 3. The van der Waals surface area contributed by atoms with Crippen LogP contribution in [0.4, 0.5) is 11.4 Å². The molecule has 0 saturated carbocycles. The highest BCUT2D eigenvalue weighted by Gasteiger charge is 2.31. The Balaban J connectivity index is 2.03. The number of benzene rings is 2. The first-order valence-corrected chi connectivity index (χ1v) is 8.02. The summed E-state index contributed by atoms with van der Waals surface area (Å²) in [6.45, 7) is 5.31. The van der Waals surface area contributed by atoms with Crippen molar-refractivity contribution in [3.05, 3.63) is 59.2 Å². The molecule has 0 aromatic heterocycles. The molecule has 4 nitrogen and oxygen atoms in total. The molecular weight excluding hydrogens is 302 g/mol. The summed E-state index contributed by atoms with van der Waals surface area (Å²) in [5.41, 5.74) is 4.56. The van der Waals surface area contributed by atoms with Crippen LogP contribution >= 0.6 is 0 Å². The lowest BCUT2D eigenvalue weighted by atomic mass is 9.77. The molecule has 0 radical (unpaired) electrons. The zero-order valence-corrected chi connectivity index (χ0v) is 14.2. The molecule has 0 atom stereocenters. The van der Waals surface area contributed by atoms with Gasteiger partial charge >= 0.3 is 5.97 Å². The van der Waals surface area contributed by atoms with Gasteiger partial charge in [0, 0.05) is 23.5 Å². The molecule has 0 aliphatic carbocycles. The van der Waals surface area contributed by atoms with Gasteiger partial charge in [-0.2, -0.15) is 0 Å². The Hall–Kier alpha value is -2.62. The third-order valence-electron chi connectivity index (χ3n) is 4.74. The summed E-state index contributed by atoms with van der Waals surface area (Å²) in [6, 6.07) is 13.2. The molecule has 1 aliphatic heterocycles. The number of hydrogen-bond acceptors (Lipinski definition) is 4. The smallest absolute Gasteiger partial charge is 0.337 e. The van der Waals surface area contributed by atoms with E-state index in [1.54, 1.807) is 12.1 Å². The fraction of sp³-hybridized carbons (Fsp3) is 0.300. The van der Waals surface area contributed by atoms with Crippen LogP contribution in [0.1, 0.15) is 46.5 Å². The highest BCUT2D eigenvalue weighted by atomic mass is 16.5. The summed E-state index contributed by atoms with van der Waals surface area (Å²) in [6.07, 6.45) is 1.89. The van der Waals surface area contributed by atoms with Gasteiger partial charge in [-0.15, -0.1) is 0 Å². The Bertz CT molecular complexity index is 778. The summed E-state index contributed by atoms with van der Waals surface area (Å²) in [7, 11) is 1.38. The lowest BCUT2D eigenvalue weighted by molar-refractivity contribution is 0.0600. The van der Waals surface area contributed by atoms with Gasteiger partial charge in [-0.05, 0) is 47.7 Å². The van der Waals surface area contributed by atoms with E-state index in [0.717, 1.165) is 30.6 Å². The van der Waals surface area contributed by atoms with E-state index in [0.29, 0.717) is 11.1 Å². The maximum Gasteiger partial charge on any atom is 0.337 e. The molecule has 24 heavy (non-hydrogen) atoms. The van der Waals surface area contributed by atoms with E-state index in [1.165, 1.54) is 12.7 Å². The van der Waals surface area contributed by atoms with Gasteiger partial charge in [-0.1, -0.05) is 26.0 Å². The second-order valence-corrected chi connectivity index (χ2v) is 6.72. The number of hydrogen-bond donors (Lipinski definition) is 0. The fourth-order valence-corrected chi connectivity index (χ4v) is 3.23. The van der Waals surface area contributed by atoms with E-state index >= 15 is 0 Å². The predicted molar refractivity (Wildman–Crippen MR) is 94.3 cm³/mol. The van der Waals surface area contributed by atoms with Crippen LogP contribution in [0.3, 0.4) is 0 Å². The van der Waals surface area contributed by atoms with Gasteiger partial charge in [0.1, 0.15) is 6.29 Å². The summed E-state index contributed by atoms with van der Waals surface area (Å²) >= 11 is 0. The highest BCUT2D eigenvalue weighted by molar-refractivity contribution is 5.90. The molecule has 1 aliphatic rings. The summed E-state index contributed by atoms with van der Waals surface area (Å²) < 4.78 is 4.74. The number of aldehydes is 1. The zero-order chi connectivity index (χ0) is 17.3. The Morgan fingerprint density at radius 3 is 2.50 bits per heavy atom. The van der Waals surface area contributed by atoms with Crippen molar-refractivity contribution in [2.24, 2.45) is 0 Å². The van der Waals surface area contributed by atoms with Crippen LogP contribution < -0.4 is 4.90 Å². The van der Waals surface area contributed by atoms with Crippen LogP contribution in [-0.4, -0.2) is 25.9 Å². The fourth-order valence-electron chi connectivity index (χ4n) is 3.23. The van der Waals surface area contributed by atoms with Gasteiger partial charge in [0.05, 0.1) is 12.7 Å². The molecule has 1 heterocycles. The SMILES string of the molecule is COC(=O)c1ccc(N2CCC(C)(C)c3ccc(C=O)cc32)cc1. The number of esters is 1. The van der Waals surface area contributed by atoms with Crippen molar-refractivity contribution >= 4 is 23.6 Å². The van der Waals surface area contributed by atoms with Crippen molar-refractivity contribution in [3.8, 4) is 0 Å². The molecule has 2 aromatic rings. The maximum atomic E-state index is 11.6. The van der Waals surface area contributed by atoms with Crippen LogP contribution in [0.2, 0.25) is 0 Å². The summed E-state index contributed by atoms with van der Waals surface area (Å²) in [4.78, 5) is 25.0. The first-order valence-electron chi connectivity index (χ1n) is 8.02. The van der Waals surface area contributed by atoms with Crippen molar-refractivity contribution in [3.63, 3.8) is 0 Å². The van der Waals surface area contributed by atoms with Crippen LogP contribution in [0, 0.1) is 0 Å². The standard InChI is InChI=1S/C20H21NO3/c1-20(2)10-11-21(18-12-14(13-22)4-9-17(18)20)16-7-5-15(6-8-16)19(23)24-3/h4-9,12-13H,10-11H2,1-3H3. The Kier molecular flexibility index (Phi) is 4.14. The minimum absolute atomic E-state index is 0.0687.